The van der Waals surface area contributed by atoms with Crippen LogP contribution in [0.2, 0.25) is 10.0 Å². The Balaban J connectivity index is 0.000000175. The van der Waals surface area contributed by atoms with Gasteiger partial charge in [-0.05, 0) is 152 Å². The number of ketones is 6. The number of hydrogen-bond donors (Lipinski definition) is 6. The van der Waals surface area contributed by atoms with E-state index in [1.54, 1.807) is 97.7 Å². The van der Waals surface area contributed by atoms with Crippen molar-refractivity contribution < 1.29 is 55.3 Å². The molecule has 12 aromatic rings. The number of nitrogens with one attached hydrogen (secondary N) is 6. The van der Waals surface area contributed by atoms with Crippen LogP contribution in [0.5, 0.6) is 0 Å². The molecule has 6 N–H and O–H groups in total. The van der Waals surface area contributed by atoms with Crippen molar-refractivity contribution >= 4 is 103 Å². The third-order valence-electron chi connectivity index (χ3n) is 13.7. The van der Waals surface area contributed by atoms with Crippen molar-refractivity contribution in [3.8, 4) is 0 Å². The molecule has 0 aliphatic rings. The molecule has 0 atom stereocenters. The number of nitrogens with zero attached hydrogens (tertiary/aromatic N) is 2. The van der Waals surface area contributed by atoms with Gasteiger partial charge in [0.1, 0.15) is 18.8 Å². The van der Waals surface area contributed by atoms with E-state index in [2.05, 4.69) is 31.9 Å². The second-order valence-corrected chi connectivity index (χ2v) is 22.4. The fraction of sp³-hybridized carbons (Fsp3) is 0.0488. The maximum absolute atomic E-state index is 11.6. The van der Waals surface area contributed by atoms with Gasteiger partial charge in [-0.2, -0.15) is 0 Å². The summed E-state index contributed by atoms with van der Waals surface area (Å²) in [5, 5.41) is 19.2. The number of furan rings is 6. The van der Waals surface area contributed by atoms with E-state index in [0.29, 0.717) is 44.0 Å². The summed E-state index contributed by atoms with van der Waals surface area (Å²) in [6.45, 7) is 0. The maximum Gasteiger partial charge on any atom is 0.222 e. The Morgan fingerprint density at radius 3 is 0.817 bits per heavy atom. The monoisotopic (exact) mass is 1430 g/mol. The van der Waals surface area contributed by atoms with Gasteiger partial charge in [0.2, 0.25) is 17.3 Å². The van der Waals surface area contributed by atoms with Gasteiger partial charge < -0.3 is 68.2 Å². The first-order valence-corrected chi connectivity index (χ1v) is 32.5. The number of benzene rings is 6. The molecule has 0 unspecified atom stereocenters. The van der Waals surface area contributed by atoms with Crippen molar-refractivity contribution in [3.63, 3.8) is 0 Å². The molecule has 0 bridgehead atoms. The van der Waals surface area contributed by atoms with Crippen LogP contribution in [0.15, 0.2) is 369 Å². The molecule has 104 heavy (non-hydrogen) atoms. The summed E-state index contributed by atoms with van der Waals surface area (Å²) in [7, 11) is 7.96. The molecule has 6 heterocycles. The Bertz CT molecular complexity index is 4370. The zero-order valence-corrected chi connectivity index (χ0v) is 58.4. The summed E-state index contributed by atoms with van der Waals surface area (Å²) in [4.78, 5) is 73.4. The van der Waals surface area contributed by atoms with Gasteiger partial charge >= 0.3 is 0 Å². The number of carbonyl (C=O) groups is 6. The second-order valence-electron chi connectivity index (χ2n) is 21.6. The van der Waals surface area contributed by atoms with E-state index < -0.39 is 0 Å². The first kappa shape index (κ1) is 77.8. The van der Waals surface area contributed by atoms with Crippen LogP contribution < -0.4 is 41.7 Å². The summed E-state index contributed by atoms with van der Waals surface area (Å²) in [5.41, 5.74) is 9.10. The lowest BCUT2D eigenvalue weighted by Gasteiger charge is -2.12. The highest BCUT2D eigenvalue weighted by molar-refractivity contribution is 6.33. The topological polar surface area (TPSA) is 260 Å². The standard InChI is InChI=1S/2C15H16N2O2.2C13H10ClNO2.2C13H11NO2/c1-17(2)14-5-3-13(4-6-14)16-9-7-15(18)12-8-10-19-11-12;1-17(2)13-7-5-12(6-8-13)16-10-9-14(18)15-4-3-11-19-15;14-10-4-1-2-5-11(10)15-8-7-12(16)13-6-3-9-17-13;14-11-3-1-2-4-12(11)15-7-5-13(16)10-6-8-17-9-10;15-12(13-7-4-10-16-13)8-9-14-11-5-2-1-3-6-11;15-13(11-7-9-16-10-11)6-8-14-12-4-2-1-3-5-12/h2*3-11,16H,1-2H3;2*1-9,15H;2*1-10,14H/b9-7-;10-9-;8-7-;7-5-;9-8-;8-6-. The van der Waals surface area contributed by atoms with Crippen LogP contribution in [0.4, 0.5) is 45.5 Å². The van der Waals surface area contributed by atoms with Crippen molar-refractivity contribution in [1.82, 2.24) is 0 Å². The summed E-state index contributed by atoms with van der Waals surface area (Å²) >= 11 is 11.9. The first-order chi connectivity index (χ1) is 50.6. The van der Waals surface area contributed by atoms with E-state index in [-0.39, 0.29) is 34.7 Å². The molecule has 0 radical (unpaired) electrons. The zero-order chi connectivity index (χ0) is 73.9. The van der Waals surface area contributed by atoms with Crippen molar-refractivity contribution in [2.75, 3.05) is 69.9 Å². The largest absolute Gasteiger partial charge is 0.472 e. The summed E-state index contributed by atoms with van der Waals surface area (Å²) in [6, 6.07) is 64.5. The van der Waals surface area contributed by atoms with Gasteiger partial charge in [0.05, 0.1) is 75.7 Å². The Morgan fingerprint density at radius 1 is 0.288 bits per heavy atom. The molecule has 0 saturated heterocycles. The highest BCUT2D eigenvalue weighted by Gasteiger charge is 2.08. The van der Waals surface area contributed by atoms with Crippen LogP contribution in [0.25, 0.3) is 0 Å². The van der Waals surface area contributed by atoms with E-state index >= 15 is 0 Å². The third-order valence-corrected chi connectivity index (χ3v) is 14.3. The number of carbonyl (C=O) groups excluding carboxylic acids is 6. The molecule has 0 aliphatic heterocycles. The van der Waals surface area contributed by atoms with Crippen LogP contribution in [0, 0.1) is 0 Å². The number of anilines is 8. The molecule has 528 valence electrons. The van der Waals surface area contributed by atoms with Crippen LogP contribution in [0.3, 0.4) is 0 Å². The average Bonchev–Trinajstić information content (AvgIpc) is 1.37. The molecule has 22 heteroatoms. The minimum Gasteiger partial charge on any atom is -0.472 e. The molecule has 0 saturated carbocycles. The highest BCUT2D eigenvalue weighted by atomic mass is 35.5. The molecule has 0 fully saturated rings. The number of para-hydroxylation sites is 4. The van der Waals surface area contributed by atoms with Gasteiger partial charge in [0, 0.05) is 136 Å². The average molecular weight is 1430 g/mol. The number of hydrogen-bond acceptors (Lipinski definition) is 20. The first-order valence-electron chi connectivity index (χ1n) is 31.8. The predicted octanol–water partition coefficient (Wildman–Crippen LogP) is 20.0. The molecule has 6 aromatic heterocycles. The van der Waals surface area contributed by atoms with Gasteiger partial charge in [0.25, 0.3) is 0 Å². The molecule has 0 aliphatic carbocycles. The fourth-order valence-electron chi connectivity index (χ4n) is 8.21. The molecule has 6 aromatic carbocycles. The molecule has 0 amide bonds. The maximum atomic E-state index is 11.6. The van der Waals surface area contributed by atoms with Gasteiger partial charge in [0.15, 0.2) is 34.6 Å². The van der Waals surface area contributed by atoms with Gasteiger partial charge in [-0.15, -0.1) is 0 Å². The number of rotatable bonds is 26. The summed E-state index contributed by atoms with van der Waals surface area (Å²) in [6.07, 6.45) is 31.3. The Hall–Kier alpha value is -13.6. The van der Waals surface area contributed by atoms with Gasteiger partial charge in [-0.25, -0.2) is 0 Å². The van der Waals surface area contributed by atoms with Crippen molar-refractivity contribution in [2.45, 2.75) is 0 Å². The Morgan fingerprint density at radius 2 is 0.558 bits per heavy atom. The third kappa shape index (κ3) is 28.3. The van der Waals surface area contributed by atoms with Crippen molar-refractivity contribution in [2.24, 2.45) is 0 Å². The molecule has 12 rings (SSSR count). The summed E-state index contributed by atoms with van der Waals surface area (Å²) in [5.74, 6) is 0.154. The minimum atomic E-state index is -0.199. The van der Waals surface area contributed by atoms with Crippen LogP contribution in [0.1, 0.15) is 62.7 Å². The smallest absolute Gasteiger partial charge is 0.222 e. The number of halogens is 2. The van der Waals surface area contributed by atoms with E-state index in [9.17, 15) is 28.8 Å². The van der Waals surface area contributed by atoms with E-state index in [0.717, 1.165) is 45.5 Å². The van der Waals surface area contributed by atoms with Crippen LogP contribution in [-0.4, -0.2) is 62.9 Å². The Kier molecular flexibility index (Phi) is 32.7. The van der Waals surface area contributed by atoms with Gasteiger partial charge in [-0.3, -0.25) is 28.8 Å². The normalized spacial score (nSPS) is 10.6. The van der Waals surface area contributed by atoms with E-state index in [1.807, 2.05) is 184 Å². The Labute approximate surface area is 611 Å². The molecule has 20 nitrogen and oxygen atoms in total. The SMILES string of the molecule is CN(C)c1ccc(N/C=C\C(=O)c2ccco2)cc1.CN(C)c1ccc(N/C=C\C(=O)c2ccoc2)cc1.O=C(/C=C\Nc1ccccc1)c1ccco1.O=C(/C=C\Nc1ccccc1)c1ccoc1.O=C(/C=C\Nc1ccccc1Cl)c1ccco1.O=C(/C=C\Nc1ccccc1Cl)c1ccoc1. The van der Waals surface area contributed by atoms with Crippen molar-refractivity contribution in [1.29, 1.82) is 0 Å². The quantitative estimate of drug-likeness (QED) is 0.0217. The number of allylic oxidation sites excluding steroid dienone is 6. The highest BCUT2D eigenvalue weighted by Crippen LogP contribution is 2.23. The second kappa shape index (κ2) is 43.8. The van der Waals surface area contributed by atoms with E-state index in [4.69, 9.17) is 49.7 Å². The lowest BCUT2D eigenvalue weighted by Crippen LogP contribution is -2.08. The zero-order valence-electron chi connectivity index (χ0n) is 56.9. The predicted molar refractivity (Wildman–Crippen MR) is 412 cm³/mol. The molecular formula is C82H74Cl2N8O12. The summed E-state index contributed by atoms with van der Waals surface area (Å²) < 4.78 is 29.4. The van der Waals surface area contributed by atoms with Crippen LogP contribution >= 0.6 is 23.2 Å². The molecular weight excluding hydrogens is 1360 g/mol. The molecule has 0 spiro atoms. The fourth-order valence-corrected chi connectivity index (χ4v) is 8.59. The van der Waals surface area contributed by atoms with Gasteiger partial charge in [-0.1, -0.05) is 83.9 Å². The van der Waals surface area contributed by atoms with Crippen molar-refractivity contribution in [3.05, 3.63) is 386 Å². The lowest BCUT2D eigenvalue weighted by molar-refractivity contribution is 0.101. The lowest BCUT2D eigenvalue weighted by atomic mass is 10.2. The van der Waals surface area contributed by atoms with E-state index in [1.165, 1.54) is 99.0 Å². The van der Waals surface area contributed by atoms with Crippen LogP contribution in [-0.2, 0) is 0 Å². The minimum absolute atomic E-state index is 0.0859.